The largest absolute Gasteiger partial charge is 0.375 e. The van der Waals surface area contributed by atoms with Crippen LogP contribution in [0.15, 0.2) is 23.3 Å². The van der Waals surface area contributed by atoms with Crippen LogP contribution in [0, 0.1) is 0 Å². The monoisotopic (exact) mass is 290 g/mol. The van der Waals surface area contributed by atoms with Crippen LogP contribution in [0.5, 0.6) is 0 Å². The summed E-state index contributed by atoms with van der Waals surface area (Å²) in [5, 5.41) is 4.18. The first-order valence-corrected chi connectivity index (χ1v) is 7.18. The van der Waals surface area contributed by atoms with Crippen LogP contribution in [0.1, 0.15) is 44.2 Å². The van der Waals surface area contributed by atoms with Gasteiger partial charge >= 0.3 is 0 Å². The molecular formula is C15H22N4S. The summed E-state index contributed by atoms with van der Waals surface area (Å²) in [5.74, 6) is 0.535. The first-order chi connectivity index (χ1) is 9.31. The predicted octanol–water partition coefficient (Wildman–Crippen LogP) is 2.58. The fraction of sp³-hybridized carbons (Fsp3) is 0.467. The maximum Gasteiger partial charge on any atom is 0.184 e. The van der Waals surface area contributed by atoms with Crippen molar-refractivity contribution in [2.24, 2.45) is 10.8 Å². The zero-order chi connectivity index (χ0) is 14.9. The van der Waals surface area contributed by atoms with E-state index >= 15 is 0 Å². The van der Waals surface area contributed by atoms with Gasteiger partial charge in [0.15, 0.2) is 5.11 Å². The van der Waals surface area contributed by atoms with Crippen molar-refractivity contribution in [3.05, 3.63) is 29.3 Å². The van der Waals surface area contributed by atoms with Gasteiger partial charge in [-0.25, -0.2) is 0 Å². The number of hydrogen-bond acceptors (Lipinski definition) is 3. The number of rotatable bonds is 2. The van der Waals surface area contributed by atoms with Crippen molar-refractivity contribution < 1.29 is 0 Å². The van der Waals surface area contributed by atoms with Crippen LogP contribution in [0.25, 0.3) is 0 Å². The predicted molar refractivity (Wildman–Crippen MR) is 89.5 cm³/mol. The van der Waals surface area contributed by atoms with E-state index in [9.17, 15) is 0 Å². The quantitative estimate of drug-likeness (QED) is 0.499. The third-order valence-corrected chi connectivity index (χ3v) is 4.14. The summed E-state index contributed by atoms with van der Waals surface area (Å²) in [7, 11) is 2.16. The summed E-state index contributed by atoms with van der Waals surface area (Å²) < 4.78 is 0. The van der Waals surface area contributed by atoms with Gasteiger partial charge in [-0.1, -0.05) is 13.0 Å². The molecule has 4 nitrogen and oxygen atoms in total. The normalized spacial score (nSPS) is 20.8. The molecule has 0 spiro atoms. The Morgan fingerprint density at radius 1 is 1.55 bits per heavy atom. The maximum atomic E-state index is 5.34. The molecule has 0 saturated carbocycles. The lowest BCUT2D eigenvalue weighted by molar-refractivity contribution is 0.395. The molecule has 0 unspecified atom stereocenters. The number of hydrazone groups is 1. The molecule has 1 aliphatic rings. The van der Waals surface area contributed by atoms with E-state index in [1.54, 1.807) is 6.21 Å². The van der Waals surface area contributed by atoms with E-state index in [4.69, 9.17) is 18.0 Å². The summed E-state index contributed by atoms with van der Waals surface area (Å²) in [6.45, 7) is 6.85. The summed E-state index contributed by atoms with van der Waals surface area (Å²) >= 11 is 4.71. The standard InChI is InChI=1S/C15H22N4S/c1-10-8-15(2,3)19(4)13-6-5-11(7-12(10)13)9-17-18-14(16)20/h5-7,9-10H,8H2,1-4H3,(H3,16,18,20)/b17-9-/t10-/m0/s1. The zero-order valence-corrected chi connectivity index (χ0v) is 13.3. The Bertz CT molecular complexity index is 551. The molecule has 1 aromatic rings. The number of fused-ring (bicyclic) bond motifs is 1. The molecule has 5 heteroatoms. The Balaban J connectivity index is 2.30. The molecule has 0 amide bonds. The van der Waals surface area contributed by atoms with Crippen LogP contribution >= 0.6 is 12.2 Å². The van der Waals surface area contributed by atoms with Gasteiger partial charge in [0.05, 0.1) is 6.21 Å². The van der Waals surface area contributed by atoms with E-state index in [-0.39, 0.29) is 10.7 Å². The number of anilines is 1. The molecule has 1 atom stereocenters. The molecule has 1 aliphatic heterocycles. The highest BCUT2D eigenvalue weighted by molar-refractivity contribution is 7.80. The van der Waals surface area contributed by atoms with Crippen molar-refractivity contribution in [3.63, 3.8) is 0 Å². The SMILES string of the molecule is C[C@H]1CC(C)(C)N(C)c2ccc(/C=N\NC(N)=S)cc21. The van der Waals surface area contributed by atoms with E-state index in [1.165, 1.54) is 11.3 Å². The van der Waals surface area contributed by atoms with E-state index in [2.05, 4.69) is 61.4 Å². The van der Waals surface area contributed by atoms with Crippen molar-refractivity contribution in [1.82, 2.24) is 5.43 Å². The van der Waals surface area contributed by atoms with Crippen molar-refractivity contribution in [2.75, 3.05) is 11.9 Å². The van der Waals surface area contributed by atoms with Crippen LogP contribution in [-0.4, -0.2) is 23.9 Å². The van der Waals surface area contributed by atoms with Crippen molar-refractivity contribution >= 4 is 29.2 Å². The molecule has 2 rings (SSSR count). The second kappa shape index (κ2) is 5.40. The lowest BCUT2D eigenvalue weighted by Crippen LogP contribution is -2.45. The van der Waals surface area contributed by atoms with E-state index < -0.39 is 0 Å². The Morgan fingerprint density at radius 3 is 2.90 bits per heavy atom. The molecule has 0 bridgehead atoms. The molecule has 0 aliphatic carbocycles. The summed E-state index contributed by atoms with van der Waals surface area (Å²) in [5.41, 5.74) is 11.8. The first kappa shape index (κ1) is 14.8. The smallest absolute Gasteiger partial charge is 0.184 e. The molecule has 0 aromatic heterocycles. The van der Waals surface area contributed by atoms with Gasteiger partial charge < -0.3 is 10.6 Å². The van der Waals surface area contributed by atoms with Crippen LogP contribution in [0.3, 0.4) is 0 Å². The van der Waals surface area contributed by atoms with Gasteiger partial charge in [0.2, 0.25) is 0 Å². The third kappa shape index (κ3) is 2.93. The first-order valence-electron chi connectivity index (χ1n) is 6.77. The molecular weight excluding hydrogens is 268 g/mol. The molecule has 20 heavy (non-hydrogen) atoms. The lowest BCUT2D eigenvalue weighted by Gasteiger charge is -2.45. The highest BCUT2D eigenvalue weighted by Gasteiger charge is 2.33. The van der Waals surface area contributed by atoms with Crippen molar-refractivity contribution in [2.45, 2.75) is 38.6 Å². The van der Waals surface area contributed by atoms with Gasteiger partial charge in [0.25, 0.3) is 0 Å². The summed E-state index contributed by atoms with van der Waals surface area (Å²) in [6, 6.07) is 6.42. The number of hydrogen-bond donors (Lipinski definition) is 2. The Morgan fingerprint density at radius 2 is 2.25 bits per heavy atom. The number of nitrogens with one attached hydrogen (secondary N) is 1. The van der Waals surface area contributed by atoms with Crippen LogP contribution in [0.2, 0.25) is 0 Å². The lowest BCUT2D eigenvalue weighted by atomic mass is 9.80. The Labute approximate surface area is 126 Å². The van der Waals surface area contributed by atoms with Gasteiger partial charge in [-0.05, 0) is 61.7 Å². The van der Waals surface area contributed by atoms with Gasteiger partial charge in [-0.15, -0.1) is 0 Å². The van der Waals surface area contributed by atoms with Gasteiger partial charge in [0, 0.05) is 18.3 Å². The minimum Gasteiger partial charge on any atom is -0.375 e. The van der Waals surface area contributed by atoms with Gasteiger partial charge in [0.1, 0.15) is 0 Å². The Hall–Kier alpha value is -1.62. The highest BCUT2D eigenvalue weighted by Crippen LogP contribution is 2.42. The van der Waals surface area contributed by atoms with E-state index in [0.717, 1.165) is 12.0 Å². The number of thiocarbonyl (C=S) groups is 1. The van der Waals surface area contributed by atoms with Crippen molar-refractivity contribution in [3.8, 4) is 0 Å². The maximum absolute atomic E-state index is 5.34. The fourth-order valence-electron chi connectivity index (χ4n) is 2.85. The highest BCUT2D eigenvalue weighted by atomic mass is 32.1. The second-order valence-electron chi connectivity index (χ2n) is 6.03. The van der Waals surface area contributed by atoms with Crippen LogP contribution in [-0.2, 0) is 0 Å². The zero-order valence-electron chi connectivity index (χ0n) is 12.5. The number of benzene rings is 1. The third-order valence-electron chi connectivity index (χ3n) is 4.05. The molecule has 0 saturated heterocycles. The summed E-state index contributed by atoms with van der Waals surface area (Å²) in [4.78, 5) is 2.36. The van der Waals surface area contributed by atoms with Gasteiger partial charge in [-0.3, -0.25) is 5.43 Å². The average Bonchev–Trinajstić information content (AvgIpc) is 2.35. The molecule has 0 fully saturated rings. The molecule has 0 radical (unpaired) electrons. The minimum absolute atomic E-state index is 0.175. The van der Waals surface area contributed by atoms with Gasteiger partial charge in [-0.2, -0.15) is 5.10 Å². The Kier molecular flexibility index (Phi) is 3.99. The molecule has 1 heterocycles. The molecule has 108 valence electrons. The van der Waals surface area contributed by atoms with E-state index in [0.29, 0.717) is 5.92 Å². The minimum atomic E-state index is 0.175. The van der Waals surface area contributed by atoms with Crippen molar-refractivity contribution in [1.29, 1.82) is 0 Å². The topological polar surface area (TPSA) is 53.6 Å². The second-order valence-corrected chi connectivity index (χ2v) is 6.47. The molecule has 1 aromatic carbocycles. The summed E-state index contributed by atoms with van der Waals surface area (Å²) in [6.07, 6.45) is 2.88. The van der Waals surface area contributed by atoms with E-state index in [1.807, 2.05) is 0 Å². The molecule has 3 N–H and O–H groups in total. The van der Waals surface area contributed by atoms with Crippen LogP contribution < -0.4 is 16.1 Å². The average molecular weight is 290 g/mol. The number of nitrogens with zero attached hydrogens (tertiary/aromatic N) is 2. The van der Waals surface area contributed by atoms with Crippen LogP contribution in [0.4, 0.5) is 5.69 Å². The number of nitrogens with two attached hydrogens (primary N) is 1. The fourth-order valence-corrected chi connectivity index (χ4v) is 2.90.